The quantitative estimate of drug-likeness (QED) is 0.629. The van der Waals surface area contributed by atoms with Gasteiger partial charge < -0.3 is 16.0 Å². The van der Waals surface area contributed by atoms with Crippen LogP contribution >= 0.6 is 0 Å². The van der Waals surface area contributed by atoms with E-state index in [-0.39, 0.29) is 12.5 Å². The van der Waals surface area contributed by atoms with Crippen LogP contribution in [0.25, 0.3) is 5.69 Å². The van der Waals surface area contributed by atoms with Crippen molar-refractivity contribution in [2.75, 3.05) is 24.3 Å². The molecule has 0 aliphatic carbocycles. The van der Waals surface area contributed by atoms with Gasteiger partial charge in [-0.25, -0.2) is 4.79 Å². The van der Waals surface area contributed by atoms with Gasteiger partial charge in [-0.2, -0.15) is 9.36 Å². The Balaban J connectivity index is 1.75. The molecule has 0 radical (unpaired) electrons. The standard InChI is InChI=1S/C18H19N7O3/c1-23(2)15-5-3-4-12(10-15)17(27)20-13-6-8-14(9-7-13)25-18(28)24(21-22-25)11-16(19)26/h3-10H,11H2,1-2H3,(H2,19,26)(H,20,27). The van der Waals surface area contributed by atoms with E-state index in [2.05, 4.69) is 15.7 Å². The normalized spacial score (nSPS) is 10.5. The highest BCUT2D eigenvalue weighted by atomic mass is 16.2. The number of carbonyl (C=O) groups is 2. The summed E-state index contributed by atoms with van der Waals surface area (Å²) in [7, 11) is 3.80. The monoisotopic (exact) mass is 381 g/mol. The van der Waals surface area contributed by atoms with E-state index in [1.807, 2.05) is 31.1 Å². The van der Waals surface area contributed by atoms with Crippen LogP contribution in [0.3, 0.4) is 0 Å². The first-order chi connectivity index (χ1) is 13.3. The molecular weight excluding hydrogens is 362 g/mol. The Morgan fingerprint density at radius 3 is 2.46 bits per heavy atom. The van der Waals surface area contributed by atoms with Crippen LogP contribution in [0.15, 0.2) is 53.3 Å². The molecular formula is C18H19N7O3. The van der Waals surface area contributed by atoms with Crippen molar-refractivity contribution < 1.29 is 9.59 Å². The molecule has 3 N–H and O–H groups in total. The third-order valence-corrected chi connectivity index (χ3v) is 3.94. The first-order valence-corrected chi connectivity index (χ1v) is 8.35. The number of carbonyl (C=O) groups excluding carboxylic acids is 2. The summed E-state index contributed by atoms with van der Waals surface area (Å²) in [5.41, 5.74) is 6.92. The molecule has 3 aromatic rings. The highest BCUT2D eigenvalue weighted by Crippen LogP contribution is 2.16. The van der Waals surface area contributed by atoms with E-state index in [1.54, 1.807) is 36.4 Å². The maximum absolute atomic E-state index is 12.4. The fourth-order valence-corrected chi connectivity index (χ4v) is 2.50. The van der Waals surface area contributed by atoms with Crippen molar-refractivity contribution in [2.45, 2.75) is 6.54 Å². The van der Waals surface area contributed by atoms with E-state index in [4.69, 9.17) is 5.73 Å². The Morgan fingerprint density at radius 1 is 1.11 bits per heavy atom. The van der Waals surface area contributed by atoms with Crippen molar-refractivity contribution in [1.29, 1.82) is 0 Å². The highest BCUT2D eigenvalue weighted by molar-refractivity contribution is 6.04. The number of rotatable bonds is 6. The average molecular weight is 381 g/mol. The maximum Gasteiger partial charge on any atom is 0.368 e. The number of anilines is 2. The van der Waals surface area contributed by atoms with Crippen LogP contribution in [0.2, 0.25) is 0 Å². The van der Waals surface area contributed by atoms with Crippen molar-refractivity contribution in [2.24, 2.45) is 5.73 Å². The molecule has 0 bridgehead atoms. The molecule has 0 aliphatic rings. The van der Waals surface area contributed by atoms with Crippen molar-refractivity contribution in [3.63, 3.8) is 0 Å². The molecule has 0 fully saturated rings. The third-order valence-electron chi connectivity index (χ3n) is 3.94. The second kappa shape index (κ2) is 7.74. The largest absolute Gasteiger partial charge is 0.378 e. The van der Waals surface area contributed by atoms with Gasteiger partial charge in [-0.3, -0.25) is 9.59 Å². The van der Waals surface area contributed by atoms with E-state index in [9.17, 15) is 14.4 Å². The van der Waals surface area contributed by atoms with Crippen molar-refractivity contribution in [3.05, 3.63) is 64.6 Å². The number of primary amides is 1. The number of tetrazole rings is 1. The SMILES string of the molecule is CN(C)c1cccc(C(=O)Nc2ccc(-n3nnn(CC(N)=O)c3=O)cc2)c1. The van der Waals surface area contributed by atoms with Crippen molar-refractivity contribution in [1.82, 2.24) is 19.8 Å². The molecule has 28 heavy (non-hydrogen) atoms. The molecule has 2 amide bonds. The Morgan fingerprint density at radius 2 is 1.82 bits per heavy atom. The van der Waals surface area contributed by atoms with Crippen LogP contribution in [0, 0.1) is 0 Å². The first-order valence-electron chi connectivity index (χ1n) is 8.35. The molecule has 144 valence electrons. The number of hydrogen-bond acceptors (Lipinski definition) is 6. The van der Waals surface area contributed by atoms with Crippen molar-refractivity contribution in [3.8, 4) is 5.69 Å². The molecule has 10 heteroatoms. The lowest BCUT2D eigenvalue weighted by molar-refractivity contribution is -0.118. The van der Waals surface area contributed by atoms with Crippen LogP contribution < -0.4 is 21.6 Å². The lowest BCUT2D eigenvalue weighted by Gasteiger charge is -2.13. The van der Waals surface area contributed by atoms with E-state index in [0.717, 1.165) is 15.1 Å². The third kappa shape index (κ3) is 4.06. The summed E-state index contributed by atoms with van der Waals surface area (Å²) >= 11 is 0. The van der Waals surface area contributed by atoms with Gasteiger partial charge in [-0.15, -0.1) is 0 Å². The molecule has 0 saturated carbocycles. The smallest absolute Gasteiger partial charge is 0.368 e. The zero-order valence-electron chi connectivity index (χ0n) is 15.4. The van der Waals surface area contributed by atoms with Crippen LogP contribution in [-0.2, 0) is 11.3 Å². The molecule has 10 nitrogen and oxygen atoms in total. The number of aromatic nitrogens is 4. The summed E-state index contributed by atoms with van der Waals surface area (Å²) in [5.74, 6) is -0.938. The number of nitrogens with zero attached hydrogens (tertiary/aromatic N) is 5. The lowest BCUT2D eigenvalue weighted by atomic mass is 10.1. The number of nitrogens with two attached hydrogens (primary N) is 1. The maximum atomic E-state index is 12.4. The van der Waals surface area contributed by atoms with Gasteiger partial charge in [0.15, 0.2) is 0 Å². The van der Waals surface area contributed by atoms with E-state index < -0.39 is 11.6 Å². The molecule has 1 heterocycles. The summed E-state index contributed by atoms with van der Waals surface area (Å²) in [6.07, 6.45) is 0. The summed E-state index contributed by atoms with van der Waals surface area (Å²) in [5, 5.41) is 10.1. The summed E-state index contributed by atoms with van der Waals surface area (Å²) in [6.45, 7) is -0.348. The van der Waals surface area contributed by atoms with Crippen molar-refractivity contribution >= 4 is 23.2 Å². The minimum Gasteiger partial charge on any atom is -0.378 e. The van der Waals surface area contributed by atoms with Gasteiger partial charge in [-0.05, 0) is 52.9 Å². The van der Waals surface area contributed by atoms with E-state index >= 15 is 0 Å². The predicted molar refractivity (Wildman–Crippen MR) is 104 cm³/mol. The topological polar surface area (TPSA) is 128 Å². The molecule has 2 aromatic carbocycles. The summed E-state index contributed by atoms with van der Waals surface area (Å²) < 4.78 is 1.91. The molecule has 0 saturated heterocycles. The molecule has 0 aliphatic heterocycles. The predicted octanol–water partition coefficient (Wildman–Crippen LogP) is 0.233. The molecule has 1 aromatic heterocycles. The molecule has 0 unspecified atom stereocenters. The molecule has 0 spiro atoms. The summed E-state index contributed by atoms with van der Waals surface area (Å²) in [6, 6.07) is 13.7. The second-order valence-electron chi connectivity index (χ2n) is 6.24. The Labute approximate surface area is 160 Å². The fraction of sp³-hybridized carbons (Fsp3) is 0.167. The van der Waals surface area contributed by atoms with Crippen LogP contribution in [-0.4, -0.2) is 45.7 Å². The summed E-state index contributed by atoms with van der Waals surface area (Å²) in [4.78, 5) is 37.5. The molecule has 3 rings (SSSR count). The minimum atomic E-state index is -0.689. The Hall–Kier alpha value is -3.95. The van der Waals surface area contributed by atoms with Crippen LogP contribution in [0.4, 0.5) is 11.4 Å². The molecule has 0 atom stereocenters. The highest BCUT2D eigenvalue weighted by Gasteiger charge is 2.11. The zero-order valence-corrected chi connectivity index (χ0v) is 15.4. The van der Waals surface area contributed by atoms with Gasteiger partial charge in [0.1, 0.15) is 6.54 Å². The Bertz CT molecular complexity index is 1070. The van der Waals surface area contributed by atoms with Gasteiger partial charge >= 0.3 is 5.69 Å². The Kier molecular flexibility index (Phi) is 5.21. The van der Waals surface area contributed by atoms with Gasteiger partial charge in [-0.1, -0.05) is 6.07 Å². The van der Waals surface area contributed by atoms with Crippen LogP contribution in [0.1, 0.15) is 10.4 Å². The van der Waals surface area contributed by atoms with E-state index in [0.29, 0.717) is 16.9 Å². The minimum absolute atomic E-state index is 0.249. The van der Waals surface area contributed by atoms with Gasteiger partial charge in [0.25, 0.3) is 5.91 Å². The number of hydrogen-bond donors (Lipinski definition) is 2. The van der Waals surface area contributed by atoms with E-state index in [1.165, 1.54) is 0 Å². The van der Waals surface area contributed by atoms with Gasteiger partial charge in [0.2, 0.25) is 5.91 Å². The van der Waals surface area contributed by atoms with Gasteiger partial charge in [0, 0.05) is 31.0 Å². The number of benzene rings is 2. The van der Waals surface area contributed by atoms with Gasteiger partial charge in [0.05, 0.1) is 5.69 Å². The first kappa shape index (κ1) is 18.8. The van der Waals surface area contributed by atoms with Crippen LogP contribution in [0.5, 0.6) is 0 Å². The fourth-order valence-electron chi connectivity index (χ4n) is 2.50. The lowest BCUT2D eigenvalue weighted by Crippen LogP contribution is -2.30. The zero-order chi connectivity index (χ0) is 20.3. The second-order valence-corrected chi connectivity index (χ2v) is 6.24. The number of amides is 2. The average Bonchev–Trinajstić information content (AvgIpc) is 3.02. The number of nitrogens with one attached hydrogen (secondary N) is 1.